The molecule has 1 N–H and O–H groups in total. The predicted octanol–water partition coefficient (Wildman–Crippen LogP) is 1.23. The Hall–Kier alpha value is -2.18. The highest BCUT2D eigenvalue weighted by Gasteiger charge is 2.28. The van der Waals surface area contributed by atoms with Crippen molar-refractivity contribution >= 4 is 11.9 Å². The fourth-order valence-corrected chi connectivity index (χ4v) is 2.27. The lowest BCUT2D eigenvalue weighted by atomic mass is 10.2. The van der Waals surface area contributed by atoms with Gasteiger partial charge in [-0.05, 0) is 31.7 Å². The third-order valence-corrected chi connectivity index (χ3v) is 3.43. The molecule has 0 bridgehead atoms. The van der Waals surface area contributed by atoms with Gasteiger partial charge in [-0.25, -0.2) is 0 Å². The molecule has 20 heavy (non-hydrogen) atoms. The SMILES string of the molecule is Cc1nnc(NC(=O)CCc2cnn(C)c2)n1C1CC1. The summed E-state index contributed by atoms with van der Waals surface area (Å²) in [5.74, 6) is 1.39. The summed E-state index contributed by atoms with van der Waals surface area (Å²) in [6.45, 7) is 1.91. The van der Waals surface area contributed by atoms with Crippen molar-refractivity contribution in [2.75, 3.05) is 5.32 Å². The smallest absolute Gasteiger partial charge is 0.231 e. The number of aromatic nitrogens is 5. The Balaban J connectivity index is 1.59. The maximum atomic E-state index is 12.0. The Morgan fingerprint density at radius 1 is 1.45 bits per heavy atom. The number of anilines is 1. The van der Waals surface area contributed by atoms with Crippen LogP contribution in [-0.4, -0.2) is 30.5 Å². The minimum absolute atomic E-state index is 0.0387. The van der Waals surface area contributed by atoms with Crippen LogP contribution in [0.3, 0.4) is 0 Å². The number of nitrogens with one attached hydrogen (secondary N) is 1. The Morgan fingerprint density at radius 2 is 2.25 bits per heavy atom. The van der Waals surface area contributed by atoms with Gasteiger partial charge in [-0.3, -0.25) is 19.4 Å². The third kappa shape index (κ3) is 2.71. The summed E-state index contributed by atoms with van der Waals surface area (Å²) < 4.78 is 3.75. The van der Waals surface area contributed by atoms with Crippen LogP contribution in [-0.2, 0) is 18.3 Å². The fourth-order valence-electron chi connectivity index (χ4n) is 2.27. The summed E-state index contributed by atoms with van der Waals surface area (Å²) in [5.41, 5.74) is 1.06. The first-order valence-corrected chi connectivity index (χ1v) is 6.82. The molecular formula is C13H18N6O. The number of nitrogens with zero attached hydrogens (tertiary/aromatic N) is 5. The quantitative estimate of drug-likeness (QED) is 0.889. The van der Waals surface area contributed by atoms with Crippen LogP contribution in [0.4, 0.5) is 5.95 Å². The summed E-state index contributed by atoms with van der Waals surface area (Å²) in [6, 6.07) is 0.457. The predicted molar refractivity (Wildman–Crippen MR) is 73.2 cm³/mol. The van der Waals surface area contributed by atoms with Gasteiger partial charge in [-0.1, -0.05) is 0 Å². The molecule has 2 heterocycles. The summed E-state index contributed by atoms with van der Waals surface area (Å²) in [7, 11) is 1.87. The van der Waals surface area contributed by atoms with Gasteiger partial charge in [-0.2, -0.15) is 5.10 Å². The van der Waals surface area contributed by atoms with E-state index >= 15 is 0 Å². The second kappa shape index (κ2) is 5.07. The van der Waals surface area contributed by atoms with E-state index in [-0.39, 0.29) is 5.91 Å². The topological polar surface area (TPSA) is 77.6 Å². The summed E-state index contributed by atoms with van der Waals surface area (Å²) >= 11 is 0. The van der Waals surface area contributed by atoms with Crippen LogP contribution in [0.15, 0.2) is 12.4 Å². The monoisotopic (exact) mass is 274 g/mol. The number of hydrogen-bond donors (Lipinski definition) is 1. The highest BCUT2D eigenvalue weighted by molar-refractivity contribution is 5.89. The van der Waals surface area contributed by atoms with Gasteiger partial charge in [0.2, 0.25) is 11.9 Å². The van der Waals surface area contributed by atoms with Crippen molar-refractivity contribution in [1.29, 1.82) is 0 Å². The molecule has 0 saturated heterocycles. The van der Waals surface area contributed by atoms with E-state index in [4.69, 9.17) is 0 Å². The average molecular weight is 274 g/mol. The second-order valence-corrected chi connectivity index (χ2v) is 5.24. The standard InChI is InChI=1S/C13H18N6O/c1-9-16-17-13(19(9)11-4-5-11)15-12(20)6-3-10-7-14-18(2)8-10/h7-8,11H,3-6H2,1-2H3,(H,15,17,20). The fraction of sp³-hybridized carbons (Fsp3) is 0.538. The molecule has 1 saturated carbocycles. The third-order valence-electron chi connectivity index (χ3n) is 3.43. The van der Waals surface area contributed by atoms with Crippen LogP contribution >= 0.6 is 0 Å². The maximum absolute atomic E-state index is 12.0. The van der Waals surface area contributed by atoms with Crippen molar-refractivity contribution < 1.29 is 4.79 Å². The van der Waals surface area contributed by atoms with Crippen LogP contribution in [0, 0.1) is 6.92 Å². The molecule has 1 amide bonds. The zero-order chi connectivity index (χ0) is 14.1. The second-order valence-electron chi connectivity index (χ2n) is 5.24. The maximum Gasteiger partial charge on any atom is 0.231 e. The van der Waals surface area contributed by atoms with Crippen molar-refractivity contribution in [1.82, 2.24) is 24.5 Å². The molecule has 7 heteroatoms. The van der Waals surface area contributed by atoms with Gasteiger partial charge in [0.05, 0.1) is 6.20 Å². The van der Waals surface area contributed by atoms with Gasteiger partial charge >= 0.3 is 0 Å². The molecule has 1 aliphatic rings. The van der Waals surface area contributed by atoms with Gasteiger partial charge in [0, 0.05) is 25.7 Å². The number of hydrogen-bond acceptors (Lipinski definition) is 4. The van der Waals surface area contributed by atoms with Crippen molar-refractivity contribution in [3.8, 4) is 0 Å². The molecule has 0 unspecified atom stereocenters. The largest absolute Gasteiger partial charge is 0.295 e. The molecule has 1 fully saturated rings. The van der Waals surface area contributed by atoms with Crippen molar-refractivity contribution in [3.63, 3.8) is 0 Å². The van der Waals surface area contributed by atoms with Gasteiger partial charge in [0.1, 0.15) is 5.82 Å². The Kier molecular flexibility index (Phi) is 3.25. The summed E-state index contributed by atoms with van der Waals surface area (Å²) in [6.07, 6.45) is 7.07. The van der Waals surface area contributed by atoms with Gasteiger partial charge in [-0.15, -0.1) is 10.2 Å². The normalized spacial score (nSPS) is 14.5. The lowest BCUT2D eigenvalue weighted by Gasteiger charge is -2.07. The summed E-state index contributed by atoms with van der Waals surface area (Å²) in [5, 5.41) is 15.0. The lowest BCUT2D eigenvalue weighted by molar-refractivity contribution is -0.116. The molecule has 2 aromatic heterocycles. The van der Waals surface area contributed by atoms with Crippen LogP contribution in [0.25, 0.3) is 0 Å². The molecule has 0 spiro atoms. The first-order chi connectivity index (χ1) is 9.63. The van der Waals surface area contributed by atoms with Gasteiger partial charge in [0.15, 0.2) is 0 Å². The molecule has 1 aliphatic carbocycles. The van der Waals surface area contributed by atoms with E-state index in [0.29, 0.717) is 24.8 Å². The number of rotatable bonds is 5. The molecule has 106 valence electrons. The molecule has 7 nitrogen and oxygen atoms in total. The number of aryl methyl sites for hydroxylation is 3. The number of carbonyl (C=O) groups excluding carboxylic acids is 1. The van der Waals surface area contributed by atoms with Crippen LogP contribution in [0.5, 0.6) is 0 Å². The van der Waals surface area contributed by atoms with E-state index < -0.39 is 0 Å². The van der Waals surface area contributed by atoms with Crippen molar-refractivity contribution in [2.45, 2.75) is 38.6 Å². The minimum Gasteiger partial charge on any atom is -0.295 e. The first-order valence-electron chi connectivity index (χ1n) is 6.82. The molecular weight excluding hydrogens is 256 g/mol. The Morgan fingerprint density at radius 3 is 2.90 bits per heavy atom. The molecule has 0 radical (unpaired) electrons. The van der Waals surface area contributed by atoms with E-state index in [0.717, 1.165) is 24.2 Å². The van der Waals surface area contributed by atoms with Crippen molar-refractivity contribution in [2.24, 2.45) is 7.05 Å². The van der Waals surface area contributed by atoms with Gasteiger partial charge in [0.25, 0.3) is 0 Å². The number of amides is 1. The molecule has 3 rings (SSSR count). The van der Waals surface area contributed by atoms with Crippen molar-refractivity contribution in [3.05, 3.63) is 23.8 Å². The molecule has 2 aromatic rings. The first kappa shape index (κ1) is 12.8. The van der Waals surface area contributed by atoms with E-state index in [9.17, 15) is 4.79 Å². The van der Waals surface area contributed by atoms with E-state index in [2.05, 4.69) is 20.6 Å². The highest BCUT2D eigenvalue weighted by atomic mass is 16.1. The molecule has 0 aliphatic heterocycles. The Bertz CT molecular complexity index is 625. The highest BCUT2D eigenvalue weighted by Crippen LogP contribution is 2.37. The zero-order valence-electron chi connectivity index (χ0n) is 11.7. The molecule has 0 aromatic carbocycles. The zero-order valence-corrected chi connectivity index (χ0v) is 11.7. The average Bonchev–Trinajstić information content (AvgIpc) is 3.06. The summed E-state index contributed by atoms with van der Waals surface area (Å²) in [4.78, 5) is 12.0. The van der Waals surface area contributed by atoms with Crippen LogP contribution in [0.2, 0.25) is 0 Å². The Labute approximate surface area is 117 Å². The van der Waals surface area contributed by atoms with Gasteiger partial charge < -0.3 is 0 Å². The number of carbonyl (C=O) groups is 1. The minimum atomic E-state index is -0.0387. The van der Waals surface area contributed by atoms with E-state index in [1.54, 1.807) is 10.9 Å². The van der Waals surface area contributed by atoms with Crippen LogP contribution in [0.1, 0.15) is 36.7 Å². The van der Waals surface area contributed by atoms with E-state index in [1.807, 2.05) is 24.7 Å². The van der Waals surface area contributed by atoms with E-state index in [1.165, 1.54) is 0 Å². The lowest BCUT2D eigenvalue weighted by Crippen LogP contribution is -2.16. The molecule has 0 atom stereocenters. The van der Waals surface area contributed by atoms with Crippen LogP contribution < -0.4 is 5.32 Å².